The van der Waals surface area contributed by atoms with E-state index in [1.807, 2.05) is 33.8 Å². The van der Waals surface area contributed by atoms with Gasteiger partial charge in [0.2, 0.25) is 0 Å². The molecule has 2 rings (SSSR count). The highest BCUT2D eigenvalue weighted by molar-refractivity contribution is 14.1. The van der Waals surface area contributed by atoms with Crippen LogP contribution in [0.15, 0.2) is 11.6 Å². The zero-order valence-electron chi connectivity index (χ0n) is 16.3. The van der Waals surface area contributed by atoms with Gasteiger partial charge in [0.15, 0.2) is 5.79 Å². The highest BCUT2D eigenvalue weighted by Gasteiger charge is 2.41. The van der Waals surface area contributed by atoms with Crippen LogP contribution < -0.4 is 0 Å². The summed E-state index contributed by atoms with van der Waals surface area (Å²) >= 11 is 2.31. The van der Waals surface area contributed by atoms with Crippen LogP contribution in [0.25, 0.3) is 0 Å². The van der Waals surface area contributed by atoms with Crippen molar-refractivity contribution in [2.45, 2.75) is 80.9 Å². The molecule has 0 unspecified atom stereocenters. The molecular formula is C20H29IO5. The highest BCUT2D eigenvalue weighted by Crippen LogP contribution is 2.32. The number of halogens is 1. The second-order valence-corrected chi connectivity index (χ2v) is 9.11. The number of ether oxygens (including phenoxy) is 4. The van der Waals surface area contributed by atoms with Gasteiger partial charge in [-0.2, -0.15) is 0 Å². The van der Waals surface area contributed by atoms with E-state index in [0.29, 0.717) is 32.3 Å². The fourth-order valence-electron chi connectivity index (χ4n) is 3.14. The quantitative estimate of drug-likeness (QED) is 0.203. The van der Waals surface area contributed by atoms with Gasteiger partial charge >= 0.3 is 5.97 Å². The van der Waals surface area contributed by atoms with Crippen LogP contribution in [0.1, 0.15) is 53.4 Å². The van der Waals surface area contributed by atoms with Gasteiger partial charge in [-0.3, -0.25) is 4.79 Å². The smallest absolute Gasteiger partial charge is 0.306 e. The van der Waals surface area contributed by atoms with Crippen molar-refractivity contribution in [1.29, 1.82) is 0 Å². The molecule has 2 fully saturated rings. The maximum atomic E-state index is 11.8. The van der Waals surface area contributed by atoms with Crippen LogP contribution in [0.2, 0.25) is 0 Å². The Morgan fingerprint density at radius 2 is 2.12 bits per heavy atom. The van der Waals surface area contributed by atoms with Crippen LogP contribution in [-0.4, -0.2) is 47.2 Å². The summed E-state index contributed by atoms with van der Waals surface area (Å²) in [4.78, 5) is 11.8. The molecule has 2 aliphatic rings. The summed E-state index contributed by atoms with van der Waals surface area (Å²) in [6.07, 6.45) is 4.10. The third-order valence-electron chi connectivity index (χ3n) is 4.49. The lowest BCUT2D eigenvalue weighted by Crippen LogP contribution is -2.32. The van der Waals surface area contributed by atoms with Gasteiger partial charge < -0.3 is 18.9 Å². The first kappa shape index (κ1) is 21.7. The minimum Gasteiger partial charge on any atom is -0.457 e. The summed E-state index contributed by atoms with van der Waals surface area (Å²) in [5.41, 5.74) is 0.729. The van der Waals surface area contributed by atoms with Gasteiger partial charge in [-0.1, -0.05) is 40.0 Å². The van der Waals surface area contributed by atoms with Crippen LogP contribution in [-0.2, 0) is 23.7 Å². The lowest BCUT2D eigenvalue weighted by molar-refractivity contribution is -0.156. The van der Waals surface area contributed by atoms with Gasteiger partial charge in [-0.05, 0) is 40.2 Å². The second kappa shape index (κ2) is 9.05. The van der Waals surface area contributed by atoms with Crippen molar-refractivity contribution >= 4 is 28.6 Å². The minimum atomic E-state index is -0.539. The second-order valence-electron chi connectivity index (χ2n) is 7.67. The van der Waals surface area contributed by atoms with E-state index in [9.17, 15) is 4.79 Å². The number of carbonyl (C=O) groups is 1. The van der Waals surface area contributed by atoms with Gasteiger partial charge in [0.05, 0.1) is 16.6 Å². The van der Waals surface area contributed by atoms with Crippen LogP contribution >= 0.6 is 22.6 Å². The normalized spacial score (nSPS) is 34.6. The van der Waals surface area contributed by atoms with Gasteiger partial charge in [0.1, 0.15) is 11.7 Å². The van der Waals surface area contributed by atoms with Crippen molar-refractivity contribution in [1.82, 2.24) is 0 Å². The minimum absolute atomic E-state index is 0.0185. The predicted octanol–water partition coefficient (Wildman–Crippen LogP) is 3.78. The van der Waals surface area contributed by atoms with Crippen LogP contribution in [0.4, 0.5) is 0 Å². The molecule has 5 nitrogen and oxygen atoms in total. The standard InChI is InChI=1S/C20H29IO5/c1-14(8-6-7-11-20(4)13-24-19(2,3)26-20)12-16-18(21)15(23-5)9-10-17(22)25-16/h12,15-16,18H,8-11,13H2,1-5H3/b14-12+/t15-,16+,18+,20-/m0/s1. The van der Waals surface area contributed by atoms with E-state index in [0.717, 1.165) is 5.57 Å². The summed E-state index contributed by atoms with van der Waals surface area (Å²) in [7, 11) is 1.68. The Morgan fingerprint density at radius 3 is 2.73 bits per heavy atom. The first-order chi connectivity index (χ1) is 12.1. The summed E-state index contributed by atoms with van der Waals surface area (Å²) in [5.74, 6) is 5.68. The molecule has 0 amide bonds. The number of rotatable bonds is 4. The predicted molar refractivity (Wildman–Crippen MR) is 108 cm³/mol. The van der Waals surface area contributed by atoms with Gasteiger partial charge in [0, 0.05) is 26.4 Å². The number of methoxy groups -OCH3 is 1. The molecule has 0 N–H and O–H groups in total. The molecule has 0 saturated carbocycles. The Morgan fingerprint density at radius 1 is 1.38 bits per heavy atom. The third-order valence-corrected chi connectivity index (χ3v) is 6.00. The van der Waals surface area contributed by atoms with Crippen molar-refractivity contribution in [2.24, 2.45) is 0 Å². The molecule has 0 aromatic carbocycles. The molecule has 26 heavy (non-hydrogen) atoms. The number of cyclic esters (lactones) is 1. The van der Waals surface area contributed by atoms with E-state index in [1.54, 1.807) is 7.11 Å². The topological polar surface area (TPSA) is 54.0 Å². The van der Waals surface area contributed by atoms with Crippen molar-refractivity contribution < 1.29 is 23.7 Å². The van der Waals surface area contributed by atoms with Crippen LogP contribution in [0.3, 0.4) is 0 Å². The molecule has 2 aliphatic heterocycles. The van der Waals surface area contributed by atoms with Crippen molar-refractivity contribution in [3.8, 4) is 11.8 Å². The first-order valence-corrected chi connectivity index (χ1v) is 10.2. The lowest BCUT2D eigenvalue weighted by Gasteiger charge is -2.23. The SMILES string of the molecule is CO[C@H]1CCC(=O)O[C@H](/C=C(\C)CC#CC[C@@]2(C)COC(C)(C)O2)[C@@H]1I. The average Bonchev–Trinajstić information content (AvgIpc) is 2.77. The van der Waals surface area contributed by atoms with Crippen molar-refractivity contribution in [3.05, 3.63) is 11.6 Å². The molecule has 0 radical (unpaired) electrons. The van der Waals surface area contributed by atoms with E-state index in [-0.39, 0.29) is 27.7 Å². The highest BCUT2D eigenvalue weighted by atomic mass is 127. The Labute approximate surface area is 170 Å². The van der Waals surface area contributed by atoms with E-state index in [4.69, 9.17) is 18.9 Å². The largest absolute Gasteiger partial charge is 0.457 e. The summed E-state index contributed by atoms with van der Waals surface area (Å²) < 4.78 is 22.7. The molecule has 2 saturated heterocycles. The number of alkyl halides is 1. The molecule has 0 aliphatic carbocycles. The zero-order valence-corrected chi connectivity index (χ0v) is 18.4. The molecular weight excluding hydrogens is 447 g/mol. The van der Waals surface area contributed by atoms with E-state index in [2.05, 4.69) is 34.4 Å². The van der Waals surface area contributed by atoms with Gasteiger partial charge in [-0.25, -0.2) is 0 Å². The molecule has 6 heteroatoms. The van der Waals surface area contributed by atoms with E-state index < -0.39 is 5.79 Å². The Bertz CT molecular complexity index is 603. The van der Waals surface area contributed by atoms with Crippen molar-refractivity contribution in [3.63, 3.8) is 0 Å². The maximum absolute atomic E-state index is 11.8. The molecule has 0 aromatic rings. The number of allylic oxidation sites excluding steroid dienone is 1. The number of hydrogen-bond donors (Lipinski definition) is 0. The summed E-state index contributed by atoms with van der Waals surface area (Å²) in [6, 6.07) is 0. The molecule has 2 heterocycles. The Balaban J connectivity index is 1.92. The Hall–Kier alpha value is -0.620. The van der Waals surface area contributed by atoms with Crippen LogP contribution in [0, 0.1) is 11.8 Å². The average molecular weight is 476 g/mol. The number of hydrogen-bond acceptors (Lipinski definition) is 5. The number of esters is 1. The molecule has 0 bridgehead atoms. The van der Waals surface area contributed by atoms with E-state index >= 15 is 0 Å². The molecule has 146 valence electrons. The van der Waals surface area contributed by atoms with Crippen LogP contribution in [0.5, 0.6) is 0 Å². The zero-order chi connectivity index (χ0) is 19.4. The summed E-state index contributed by atoms with van der Waals surface area (Å²) in [6.45, 7) is 8.42. The number of carbonyl (C=O) groups excluding carboxylic acids is 1. The summed E-state index contributed by atoms with van der Waals surface area (Å²) in [5, 5.41) is 0. The molecule has 0 aromatic heterocycles. The fraction of sp³-hybridized carbons (Fsp3) is 0.750. The van der Waals surface area contributed by atoms with Gasteiger partial charge in [0.25, 0.3) is 0 Å². The molecule has 0 spiro atoms. The van der Waals surface area contributed by atoms with Crippen molar-refractivity contribution in [2.75, 3.05) is 13.7 Å². The fourth-order valence-corrected chi connectivity index (χ4v) is 4.14. The monoisotopic (exact) mass is 476 g/mol. The Kier molecular flexibility index (Phi) is 7.54. The molecule has 4 atom stereocenters. The third kappa shape index (κ3) is 6.22. The lowest BCUT2D eigenvalue weighted by atomic mass is 10.0. The van der Waals surface area contributed by atoms with E-state index in [1.165, 1.54) is 0 Å². The van der Waals surface area contributed by atoms with Gasteiger partial charge in [-0.15, -0.1) is 0 Å². The maximum Gasteiger partial charge on any atom is 0.306 e. The first-order valence-electron chi connectivity index (χ1n) is 8.98.